The van der Waals surface area contributed by atoms with Gasteiger partial charge in [0.15, 0.2) is 0 Å². The van der Waals surface area contributed by atoms with Gasteiger partial charge in [0.05, 0.1) is 10.7 Å². The summed E-state index contributed by atoms with van der Waals surface area (Å²) in [5.41, 5.74) is 6.02. The van der Waals surface area contributed by atoms with Crippen LogP contribution in [0, 0.1) is 17.7 Å². The largest absolute Gasteiger partial charge is 0.330 e. The summed E-state index contributed by atoms with van der Waals surface area (Å²) in [7, 11) is 0. The van der Waals surface area contributed by atoms with Crippen LogP contribution < -0.4 is 11.1 Å². The van der Waals surface area contributed by atoms with E-state index in [1.54, 1.807) is 0 Å². The molecule has 0 bridgehead atoms. The zero-order valence-electron chi connectivity index (χ0n) is 12.0. The smallest absolute Gasteiger partial charge is 0.224 e. The van der Waals surface area contributed by atoms with Gasteiger partial charge in [0.25, 0.3) is 0 Å². The number of nitrogens with one attached hydrogen (secondary N) is 1. The molecule has 3 N–H and O–H groups in total. The Morgan fingerprint density at radius 1 is 1.40 bits per heavy atom. The van der Waals surface area contributed by atoms with Gasteiger partial charge in [-0.1, -0.05) is 25.4 Å². The summed E-state index contributed by atoms with van der Waals surface area (Å²) in [6, 6.07) is 3.92. The predicted molar refractivity (Wildman–Crippen MR) is 81.3 cm³/mol. The van der Waals surface area contributed by atoms with E-state index in [2.05, 4.69) is 19.2 Å². The number of rotatable bonds is 7. The summed E-state index contributed by atoms with van der Waals surface area (Å²) in [6.45, 7) is 4.90. The van der Waals surface area contributed by atoms with E-state index in [4.69, 9.17) is 17.3 Å². The van der Waals surface area contributed by atoms with Crippen LogP contribution in [0.1, 0.15) is 33.1 Å². The topological polar surface area (TPSA) is 55.1 Å². The van der Waals surface area contributed by atoms with Crippen LogP contribution in [0.25, 0.3) is 0 Å². The Bertz CT molecular complexity index is 451. The molecular weight excluding hydrogens is 279 g/mol. The Kier molecular flexibility index (Phi) is 6.96. The van der Waals surface area contributed by atoms with E-state index in [9.17, 15) is 9.18 Å². The van der Waals surface area contributed by atoms with Crippen LogP contribution in [0.5, 0.6) is 0 Å². The maximum absolute atomic E-state index is 12.9. The van der Waals surface area contributed by atoms with Gasteiger partial charge in [-0.05, 0) is 49.4 Å². The maximum atomic E-state index is 12.9. The molecule has 1 unspecified atom stereocenters. The van der Waals surface area contributed by atoms with Crippen LogP contribution >= 0.6 is 11.6 Å². The van der Waals surface area contributed by atoms with Crippen LogP contribution in [0.4, 0.5) is 10.1 Å². The van der Waals surface area contributed by atoms with Crippen LogP contribution in [0.2, 0.25) is 5.02 Å². The summed E-state index contributed by atoms with van der Waals surface area (Å²) >= 11 is 5.87. The van der Waals surface area contributed by atoms with Crippen molar-refractivity contribution in [3.05, 3.63) is 29.0 Å². The normalized spacial score (nSPS) is 12.5. The number of nitrogens with two attached hydrogens (primary N) is 1. The van der Waals surface area contributed by atoms with Crippen LogP contribution in [-0.4, -0.2) is 12.5 Å². The van der Waals surface area contributed by atoms with Crippen molar-refractivity contribution in [2.75, 3.05) is 11.9 Å². The van der Waals surface area contributed by atoms with E-state index in [0.29, 0.717) is 30.5 Å². The molecule has 1 atom stereocenters. The van der Waals surface area contributed by atoms with Crippen molar-refractivity contribution in [1.82, 2.24) is 0 Å². The summed E-state index contributed by atoms with van der Waals surface area (Å²) in [5, 5.41) is 2.91. The van der Waals surface area contributed by atoms with Crippen molar-refractivity contribution in [2.45, 2.75) is 33.1 Å². The highest BCUT2D eigenvalue weighted by Gasteiger charge is 2.15. The van der Waals surface area contributed by atoms with Gasteiger partial charge in [0, 0.05) is 6.42 Å². The lowest BCUT2D eigenvalue weighted by Gasteiger charge is -2.19. The molecule has 0 fully saturated rings. The molecule has 0 saturated heterocycles. The van der Waals surface area contributed by atoms with Gasteiger partial charge in [0.1, 0.15) is 5.82 Å². The van der Waals surface area contributed by atoms with Crippen molar-refractivity contribution in [1.29, 1.82) is 0 Å². The second-order valence-corrected chi connectivity index (χ2v) is 5.70. The SMILES string of the molecule is CC(C)C(CCN)CCC(=O)Nc1ccc(F)cc1Cl. The van der Waals surface area contributed by atoms with E-state index in [1.807, 2.05) is 0 Å². The quantitative estimate of drug-likeness (QED) is 0.804. The van der Waals surface area contributed by atoms with Crippen molar-refractivity contribution in [2.24, 2.45) is 17.6 Å². The lowest BCUT2D eigenvalue weighted by molar-refractivity contribution is -0.116. The number of amides is 1. The zero-order chi connectivity index (χ0) is 15.1. The molecule has 0 radical (unpaired) electrons. The second-order valence-electron chi connectivity index (χ2n) is 5.29. The molecule has 3 nitrogen and oxygen atoms in total. The van der Waals surface area contributed by atoms with Gasteiger partial charge in [-0.2, -0.15) is 0 Å². The standard InChI is InChI=1S/C15H22ClFN2O/c1-10(2)11(7-8-18)3-6-15(20)19-14-5-4-12(17)9-13(14)16/h4-5,9-11H,3,6-8,18H2,1-2H3,(H,19,20). The lowest BCUT2D eigenvalue weighted by atomic mass is 9.88. The fraction of sp³-hybridized carbons (Fsp3) is 0.533. The third-order valence-corrected chi connectivity index (χ3v) is 3.74. The third-order valence-electron chi connectivity index (χ3n) is 3.43. The molecular formula is C15H22ClFN2O. The molecule has 1 aromatic carbocycles. The Balaban J connectivity index is 2.51. The first-order chi connectivity index (χ1) is 9.43. The fourth-order valence-corrected chi connectivity index (χ4v) is 2.36. The summed E-state index contributed by atoms with van der Waals surface area (Å²) < 4.78 is 12.9. The number of anilines is 1. The summed E-state index contributed by atoms with van der Waals surface area (Å²) in [6.07, 6.45) is 2.12. The number of carbonyl (C=O) groups excluding carboxylic acids is 1. The van der Waals surface area contributed by atoms with Crippen molar-refractivity contribution < 1.29 is 9.18 Å². The van der Waals surface area contributed by atoms with Crippen molar-refractivity contribution >= 4 is 23.2 Å². The fourth-order valence-electron chi connectivity index (χ4n) is 2.15. The molecule has 0 aliphatic carbocycles. The minimum Gasteiger partial charge on any atom is -0.330 e. The van der Waals surface area contributed by atoms with Gasteiger partial charge in [-0.3, -0.25) is 4.79 Å². The highest BCUT2D eigenvalue weighted by molar-refractivity contribution is 6.33. The van der Waals surface area contributed by atoms with Gasteiger partial charge < -0.3 is 11.1 Å². The minimum atomic E-state index is -0.421. The Hall–Kier alpha value is -1.13. The Labute approximate surface area is 124 Å². The maximum Gasteiger partial charge on any atom is 0.224 e. The zero-order valence-corrected chi connectivity index (χ0v) is 12.7. The van der Waals surface area contributed by atoms with Gasteiger partial charge in [0.2, 0.25) is 5.91 Å². The third kappa shape index (κ3) is 5.47. The van der Waals surface area contributed by atoms with Crippen LogP contribution in [0.3, 0.4) is 0 Å². The van der Waals surface area contributed by atoms with Crippen molar-refractivity contribution in [3.8, 4) is 0 Å². The highest BCUT2D eigenvalue weighted by atomic mass is 35.5. The molecule has 0 saturated carbocycles. The van der Waals surface area contributed by atoms with Crippen LogP contribution in [0.15, 0.2) is 18.2 Å². The molecule has 0 aromatic heterocycles. The molecule has 5 heteroatoms. The van der Waals surface area contributed by atoms with Gasteiger partial charge >= 0.3 is 0 Å². The first-order valence-electron chi connectivity index (χ1n) is 6.89. The van der Waals surface area contributed by atoms with E-state index in [1.165, 1.54) is 18.2 Å². The number of hydrogen-bond donors (Lipinski definition) is 2. The molecule has 1 aromatic rings. The lowest BCUT2D eigenvalue weighted by Crippen LogP contribution is -2.18. The van der Waals surface area contributed by atoms with Gasteiger partial charge in [-0.15, -0.1) is 0 Å². The first-order valence-corrected chi connectivity index (χ1v) is 7.26. The predicted octanol–water partition coefficient (Wildman–Crippen LogP) is 3.82. The van der Waals surface area contributed by atoms with Crippen molar-refractivity contribution in [3.63, 3.8) is 0 Å². The molecule has 0 heterocycles. The monoisotopic (exact) mass is 300 g/mol. The van der Waals surface area contributed by atoms with Crippen LogP contribution in [-0.2, 0) is 4.79 Å². The molecule has 112 valence electrons. The minimum absolute atomic E-state index is 0.110. The van der Waals surface area contributed by atoms with E-state index in [0.717, 1.165) is 12.8 Å². The summed E-state index contributed by atoms with van der Waals surface area (Å²) in [5.74, 6) is 0.409. The average Bonchev–Trinajstić information content (AvgIpc) is 2.37. The molecule has 0 spiro atoms. The molecule has 0 aliphatic heterocycles. The average molecular weight is 301 g/mol. The number of carbonyl (C=O) groups is 1. The van der Waals surface area contributed by atoms with E-state index in [-0.39, 0.29) is 10.9 Å². The number of hydrogen-bond acceptors (Lipinski definition) is 2. The first kappa shape index (κ1) is 16.9. The highest BCUT2D eigenvalue weighted by Crippen LogP contribution is 2.24. The molecule has 0 aliphatic rings. The Morgan fingerprint density at radius 2 is 2.10 bits per heavy atom. The molecule has 1 amide bonds. The summed E-state index contributed by atoms with van der Waals surface area (Å²) in [4.78, 5) is 11.9. The number of benzene rings is 1. The van der Waals surface area contributed by atoms with E-state index < -0.39 is 5.82 Å². The van der Waals surface area contributed by atoms with Gasteiger partial charge in [-0.25, -0.2) is 4.39 Å². The Morgan fingerprint density at radius 3 is 2.65 bits per heavy atom. The number of halogens is 2. The second kappa shape index (κ2) is 8.22. The molecule has 1 rings (SSSR count). The van der Waals surface area contributed by atoms with E-state index >= 15 is 0 Å². The molecule has 20 heavy (non-hydrogen) atoms.